The Bertz CT molecular complexity index is 877. The number of furan rings is 1. The predicted molar refractivity (Wildman–Crippen MR) is 95.8 cm³/mol. The standard InChI is InChI=1S/C18H16F3N3O2S/c19-18(20,21)16-15(11-23-24(16)13-5-2-1-3-6-13)17(25)22-8-10-27-12-14-7-4-9-26-14/h1-7,9,11H,8,10,12H2,(H,22,25). The van der Waals surface area contributed by atoms with Crippen LogP contribution in [0.1, 0.15) is 21.8 Å². The van der Waals surface area contributed by atoms with Crippen LogP contribution in [0.25, 0.3) is 5.69 Å². The summed E-state index contributed by atoms with van der Waals surface area (Å²) in [7, 11) is 0. The van der Waals surface area contributed by atoms with E-state index in [0.717, 1.165) is 16.6 Å². The monoisotopic (exact) mass is 395 g/mol. The number of rotatable bonds is 7. The Balaban J connectivity index is 1.66. The van der Waals surface area contributed by atoms with E-state index in [1.165, 1.54) is 23.9 Å². The zero-order chi connectivity index (χ0) is 19.3. The van der Waals surface area contributed by atoms with Crippen LogP contribution in [0.15, 0.2) is 59.3 Å². The van der Waals surface area contributed by atoms with Crippen LogP contribution in [0.4, 0.5) is 13.2 Å². The molecule has 0 aliphatic heterocycles. The number of para-hydroxylation sites is 1. The van der Waals surface area contributed by atoms with E-state index in [0.29, 0.717) is 11.5 Å². The first-order valence-electron chi connectivity index (χ1n) is 8.06. The van der Waals surface area contributed by atoms with Gasteiger partial charge in [0.1, 0.15) is 5.76 Å². The minimum absolute atomic E-state index is 0.234. The molecular weight excluding hydrogens is 379 g/mol. The molecule has 1 amide bonds. The zero-order valence-corrected chi connectivity index (χ0v) is 14.9. The van der Waals surface area contributed by atoms with Crippen molar-refractivity contribution in [2.24, 2.45) is 0 Å². The molecule has 0 aliphatic carbocycles. The van der Waals surface area contributed by atoms with Gasteiger partial charge in [0, 0.05) is 12.3 Å². The number of amides is 1. The van der Waals surface area contributed by atoms with Crippen molar-refractivity contribution in [2.75, 3.05) is 12.3 Å². The number of hydrogen-bond donors (Lipinski definition) is 1. The van der Waals surface area contributed by atoms with Gasteiger partial charge in [-0.3, -0.25) is 4.79 Å². The highest BCUT2D eigenvalue weighted by atomic mass is 32.2. The van der Waals surface area contributed by atoms with Gasteiger partial charge in [0.05, 0.1) is 29.5 Å². The van der Waals surface area contributed by atoms with Crippen LogP contribution in [-0.4, -0.2) is 28.0 Å². The molecule has 3 rings (SSSR count). The van der Waals surface area contributed by atoms with Gasteiger partial charge in [-0.15, -0.1) is 0 Å². The Morgan fingerprint density at radius 1 is 1.19 bits per heavy atom. The molecular formula is C18H16F3N3O2S. The van der Waals surface area contributed by atoms with Crippen LogP contribution in [0, 0.1) is 0 Å². The molecule has 0 bridgehead atoms. The summed E-state index contributed by atoms with van der Waals surface area (Å²) >= 11 is 1.51. The van der Waals surface area contributed by atoms with Crippen molar-refractivity contribution in [2.45, 2.75) is 11.9 Å². The summed E-state index contributed by atoms with van der Waals surface area (Å²) in [5.41, 5.74) is -1.35. The molecule has 0 atom stereocenters. The smallest absolute Gasteiger partial charge is 0.434 e. The molecule has 27 heavy (non-hydrogen) atoms. The van der Waals surface area contributed by atoms with Crippen molar-refractivity contribution in [3.05, 3.63) is 71.9 Å². The van der Waals surface area contributed by atoms with Gasteiger partial charge in [0.25, 0.3) is 5.91 Å². The average molecular weight is 395 g/mol. The van der Waals surface area contributed by atoms with Crippen LogP contribution in [-0.2, 0) is 11.9 Å². The van der Waals surface area contributed by atoms with Crippen molar-refractivity contribution in [1.82, 2.24) is 15.1 Å². The lowest BCUT2D eigenvalue weighted by Crippen LogP contribution is -2.28. The summed E-state index contributed by atoms with van der Waals surface area (Å²) < 4.78 is 46.5. The third-order valence-corrected chi connectivity index (χ3v) is 4.62. The molecule has 0 spiro atoms. The van der Waals surface area contributed by atoms with Gasteiger partial charge in [0.2, 0.25) is 0 Å². The van der Waals surface area contributed by atoms with Crippen LogP contribution >= 0.6 is 11.8 Å². The fraction of sp³-hybridized carbons (Fsp3) is 0.222. The van der Waals surface area contributed by atoms with Gasteiger partial charge < -0.3 is 9.73 Å². The Kier molecular flexibility index (Phi) is 5.90. The van der Waals surface area contributed by atoms with E-state index in [1.807, 2.05) is 6.07 Å². The van der Waals surface area contributed by atoms with E-state index in [-0.39, 0.29) is 12.2 Å². The molecule has 5 nitrogen and oxygen atoms in total. The molecule has 3 aromatic rings. The normalized spacial score (nSPS) is 11.5. The van der Waals surface area contributed by atoms with Crippen LogP contribution in [0.3, 0.4) is 0 Å². The fourth-order valence-electron chi connectivity index (χ4n) is 2.45. The molecule has 0 unspecified atom stereocenters. The first-order valence-corrected chi connectivity index (χ1v) is 9.21. The van der Waals surface area contributed by atoms with E-state index in [4.69, 9.17) is 4.42 Å². The molecule has 2 aromatic heterocycles. The maximum absolute atomic E-state index is 13.5. The van der Waals surface area contributed by atoms with E-state index >= 15 is 0 Å². The Morgan fingerprint density at radius 2 is 1.96 bits per heavy atom. The summed E-state index contributed by atoms with van der Waals surface area (Å²) in [5.74, 6) is 1.17. The highest BCUT2D eigenvalue weighted by molar-refractivity contribution is 7.98. The Labute approximate surface area is 157 Å². The summed E-state index contributed by atoms with van der Waals surface area (Å²) in [6.45, 7) is 0.234. The lowest BCUT2D eigenvalue weighted by atomic mass is 10.2. The number of aromatic nitrogens is 2. The number of halogens is 3. The quantitative estimate of drug-likeness (QED) is 0.611. The number of nitrogens with one attached hydrogen (secondary N) is 1. The second kappa shape index (κ2) is 8.34. The molecule has 0 saturated carbocycles. The van der Waals surface area contributed by atoms with Crippen molar-refractivity contribution < 1.29 is 22.4 Å². The first kappa shape index (κ1) is 19.1. The molecule has 0 radical (unpaired) electrons. The third-order valence-electron chi connectivity index (χ3n) is 3.64. The molecule has 2 heterocycles. The molecule has 1 aromatic carbocycles. The van der Waals surface area contributed by atoms with Crippen molar-refractivity contribution >= 4 is 17.7 Å². The summed E-state index contributed by atoms with van der Waals surface area (Å²) in [6, 6.07) is 11.5. The maximum Gasteiger partial charge on any atom is 0.434 e. The number of carbonyl (C=O) groups is 1. The second-order valence-corrected chi connectivity index (χ2v) is 6.64. The lowest BCUT2D eigenvalue weighted by Gasteiger charge is -2.12. The van der Waals surface area contributed by atoms with E-state index in [1.54, 1.807) is 30.5 Å². The zero-order valence-electron chi connectivity index (χ0n) is 14.1. The third kappa shape index (κ3) is 4.73. The number of thioether (sulfide) groups is 1. The molecule has 0 aliphatic rings. The number of hydrogen-bond acceptors (Lipinski definition) is 4. The summed E-state index contributed by atoms with van der Waals surface area (Å²) in [5, 5.41) is 6.28. The van der Waals surface area contributed by atoms with Gasteiger partial charge in [0.15, 0.2) is 5.69 Å². The number of nitrogens with zero attached hydrogens (tertiary/aromatic N) is 2. The van der Waals surface area contributed by atoms with E-state index in [9.17, 15) is 18.0 Å². The first-order chi connectivity index (χ1) is 13.0. The highest BCUT2D eigenvalue weighted by Crippen LogP contribution is 2.33. The van der Waals surface area contributed by atoms with Crippen LogP contribution in [0.2, 0.25) is 0 Å². The summed E-state index contributed by atoms with van der Waals surface area (Å²) in [6.07, 6.45) is -2.20. The molecule has 1 N–H and O–H groups in total. The predicted octanol–water partition coefficient (Wildman–Crippen LogP) is 4.15. The van der Waals surface area contributed by atoms with Crippen molar-refractivity contribution in [1.29, 1.82) is 0 Å². The van der Waals surface area contributed by atoms with Crippen LogP contribution < -0.4 is 5.32 Å². The molecule has 9 heteroatoms. The van der Waals surface area contributed by atoms with Gasteiger partial charge in [-0.1, -0.05) is 18.2 Å². The largest absolute Gasteiger partial charge is 0.468 e. The molecule has 0 fully saturated rings. The summed E-state index contributed by atoms with van der Waals surface area (Å²) in [4.78, 5) is 12.3. The van der Waals surface area contributed by atoms with Gasteiger partial charge in [-0.2, -0.15) is 30.0 Å². The number of alkyl halides is 3. The van der Waals surface area contributed by atoms with E-state index in [2.05, 4.69) is 10.4 Å². The van der Waals surface area contributed by atoms with Gasteiger partial charge in [-0.25, -0.2) is 4.68 Å². The van der Waals surface area contributed by atoms with Gasteiger partial charge in [-0.05, 0) is 24.3 Å². The SMILES string of the molecule is O=C(NCCSCc1ccco1)c1cnn(-c2ccccc2)c1C(F)(F)F. The van der Waals surface area contributed by atoms with Crippen molar-refractivity contribution in [3.63, 3.8) is 0 Å². The maximum atomic E-state index is 13.5. The molecule has 142 valence electrons. The Morgan fingerprint density at radius 3 is 2.63 bits per heavy atom. The fourth-order valence-corrected chi connectivity index (χ4v) is 3.21. The van der Waals surface area contributed by atoms with E-state index < -0.39 is 23.3 Å². The minimum Gasteiger partial charge on any atom is -0.468 e. The lowest BCUT2D eigenvalue weighted by molar-refractivity contribution is -0.143. The highest BCUT2D eigenvalue weighted by Gasteiger charge is 2.40. The number of benzene rings is 1. The topological polar surface area (TPSA) is 60.1 Å². The van der Waals surface area contributed by atoms with Gasteiger partial charge >= 0.3 is 6.18 Å². The average Bonchev–Trinajstić information content (AvgIpc) is 3.31. The van der Waals surface area contributed by atoms with Crippen LogP contribution in [0.5, 0.6) is 0 Å². The Hall–Kier alpha value is -2.68. The van der Waals surface area contributed by atoms with Crippen molar-refractivity contribution in [3.8, 4) is 5.69 Å². The minimum atomic E-state index is -4.72. The molecule has 0 saturated heterocycles. The second-order valence-electron chi connectivity index (χ2n) is 5.54. The number of carbonyl (C=O) groups excluding carboxylic acids is 1.